The Kier molecular flexibility index (Phi) is 4.09. The van der Waals surface area contributed by atoms with Crippen molar-refractivity contribution in [3.05, 3.63) is 34.5 Å². The third-order valence-corrected chi connectivity index (χ3v) is 4.90. The van der Waals surface area contributed by atoms with Crippen molar-refractivity contribution >= 4 is 33.1 Å². The third-order valence-electron chi connectivity index (χ3n) is 3.80. The molecule has 0 atom stereocenters. The maximum atomic E-state index is 5.45. The lowest BCUT2D eigenvalue weighted by molar-refractivity contribution is 0.395. The van der Waals surface area contributed by atoms with E-state index in [9.17, 15) is 0 Å². The predicted molar refractivity (Wildman–Crippen MR) is 94.5 cm³/mol. The van der Waals surface area contributed by atoms with E-state index >= 15 is 0 Å². The molecule has 0 radical (unpaired) electrons. The van der Waals surface area contributed by atoms with E-state index in [1.165, 1.54) is 10.4 Å². The van der Waals surface area contributed by atoms with Crippen LogP contribution in [0.5, 0.6) is 11.5 Å². The molecule has 3 aromatic rings. The zero-order valence-electron chi connectivity index (χ0n) is 13.9. The number of nitrogens with zero attached hydrogens (tertiary/aromatic N) is 2. The molecule has 0 spiro atoms. The van der Waals surface area contributed by atoms with E-state index in [4.69, 9.17) is 9.47 Å². The molecule has 1 aromatic carbocycles. The van der Waals surface area contributed by atoms with Crippen LogP contribution >= 0.6 is 11.3 Å². The molecule has 0 saturated carbocycles. The van der Waals surface area contributed by atoms with Crippen LogP contribution in [-0.2, 0) is 0 Å². The number of methoxy groups -OCH3 is 2. The van der Waals surface area contributed by atoms with Gasteiger partial charge in [0.05, 0.1) is 25.3 Å². The van der Waals surface area contributed by atoms with Crippen LogP contribution in [0.4, 0.5) is 11.5 Å². The number of rotatable bonds is 4. The van der Waals surface area contributed by atoms with E-state index in [0.29, 0.717) is 5.75 Å². The van der Waals surface area contributed by atoms with Crippen LogP contribution in [0.25, 0.3) is 10.2 Å². The summed E-state index contributed by atoms with van der Waals surface area (Å²) in [5, 5.41) is 4.45. The Bertz CT molecular complexity index is 874. The van der Waals surface area contributed by atoms with Crippen molar-refractivity contribution in [1.82, 2.24) is 9.97 Å². The van der Waals surface area contributed by atoms with E-state index in [1.54, 1.807) is 25.6 Å². The second-order valence-corrected chi connectivity index (χ2v) is 6.48. The van der Waals surface area contributed by atoms with E-state index < -0.39 is 0 Å². The second kappa shape index (κ2) is 6.04. The molecule has 2 aromatic heterocycles. The van der Waals surface area contributed by atoms with Gasteiger partial charge >= 0.3 is 0 Å². The minimum atomic E-state index is 0.707. The van der Waals surface area contributed by atoms with Crippen LogP contribution in [0.1, 0.15) is 16.3 Å². The van der Waals surface area contributed by atoms with Gasteiger partial charge in [-0.05, 0) is 38.5 Å². The highest BCUT2D eigenvalue weighted by molar-refractivity contribution is 7.18. The van der Waals surface area contributed by atoms with Gasteiger partial charge in [0, 0.05) is 10.9 Å². The van der Waals surface area contributed by atoms with Crippen LogP contribution in [-0.4, -0.2) is 24.2 Å². The van der Waals surface area contributed by atoms with Crippen molar-refractivity contribution in [2.45, 2.75) is 20.8 Å². The Morgan fingerprint density at radius 2 is 1.83 bits per heavy atom. The molecule has 0 saturated heterocycles. The monoisotopic (exact) mass is 329 g/mol. The van der Waals surface area contributed by atoms with Gasteiger partial charge in [-0.25, -0.2) is 9.97 Å². The van der Waals surface area contributed by atoms with E-state index in [2.05, 4.69) is 29.1 Å². The Balaban J connectivity index is 2.11. The van der Waals surface area contributed by atoms with Gasteiger partial charge in [-0.3, -0.25) is 0 Å². The van der Waals surface area contributed by atoms with Gasteiger partial charge in [0.2, 0.25) is 0 Å². The number of fused-ring (bicyclic) bond motifs is 1. The Hall–Kier alpha value is -2.34. The Morgan fingerprint density at radius 3 is 2.52 bits per heavy atom. The molecule has 3 rings (SSSR count). The lowest BCUT2D eigenvalue weighted by Gasteiger charge is -2.13. The first-order valence-electron chi connectivity index (χ1n) is 7.27. The number of thiophene rings is 1. The fourth-order valence-electron chi connectivity index (χ4n) is 2.48. The van der Waals surface area contributed by atoms with Crippen molar-refractivity contribution in [2.75, 3.05) is 19.5 Å². The minimum Gasteiger partial charge on any atom is -0.497 e. The van der Waals surface area contributed by atoms with Crippen LogP contribution < -0.4 is 14.8 Å². The number of ether oxygens (including phenoxy) is 2. The number of benzene rings is 1. The molecule has 1 N–H and O–H groups in total. The fourth-order valence-corrected chi connectivity index (χ4v) is 3.55. The largest absolute Gasteiger partial charge is 0.497 e. The molecule has 0 amide bonds. The van der Waals surface area contributed by atoms with Gasteiger partial charge in [0.1, 0.15) is 28.0 Å². The highest BCUT2D eigenvalue weighted by Gasteiger charge is 2.15. The van der Waals surface area contributed by atoms with Crippen LogP contribution in [0.15, 0.2) is 18.2 Å². The topological polar surface area (TPSA) is 56.3 Å². The molecular formula is C17H19N3O2S. The number of hydrogen-bond acceptors (Lipinski definition) is 6. The molecule has 0 unspecified atom stereocenters. The molecule has 120 valence electrons. The smallest absolute Gasteiger partial charge is 0.146 e. The Morgan fingerprint density at radius 1 is 1.04 bits per heavy atom. The number of nitrogens with one attached hydrogen (secondary N) is 1. The van der Waals surface area contributed by atoms with Crippen molar-refractivity contribution in [2.24, 2.45) is 0 Å². The van der Waals surface area contributed by atoms with Gasteiger partial charge in [0.25, 0.3) is 0 Å². The summed E-state index contributed by atoms with van der Waals surface area (Å²) in [5.74, 6) is 3.00. The number of aryl methyl sites for hydroxylation is 3. The quantitative estimate of drug-likeness (QED) is 0.770. The average Bonchev–Trinajstić information content (AvgIpc) is 2.82. The first kappa shape index (κ1) is 15.6. The SMILES string of the molecule is COc1ccc(Nc2nc(C)nc3sc(C)c(C)c23)c(OC)c1. The third kappa shape index (κ3) is 2.82. The van der Waals surface area contributed by atoms with Crippen LogP contribution in [0.2, 0.25) is 0 Å². The van der Waals surface area contributed by atoms with E-state index in [-0.39, 0.29) is 0 Å². The fraction of sp³-hybridized carbons (Fsp3) is 0.294. The first-order valence-corrected chi connectivity index (χ1v) is 8.08. The van der Waals surface area contributed by atoms with Gasteiger partial charge in [-0.1, -0.05) is 0 Å². The summed E-state index contributed by atoms with van der Waals surface area (Å²) in [6, 6.07) is 5.66. The maximum absolute atomic E-state index is 5.45. The van der Waals surface area contributed by atoms with Gasteiger partial charge in [-0.2, -0.15) is 0 Å². The Labute approximate surface area is 139 Å². The molecule has 23 heavy (non-hydrogen) atoms. The molecule has 0 aliphatic rings. The minimum absolute atomic E-state index is 0.707. The number of aromatic nitrogens is 2. The van der Waals surface area contributed by atoms with Gasteiger partial charge in [-0.15, -0.1) is 11.3 Å². The predicted octanol–water partition coefficient (Wildman–Crippen LogP) is 4.38. The lowest BCUT2D eigenvalue weighted by Crippen LogP contribution is -2.00. The summed E-state index contributed by atoms with van der Waals surface area (Å²) in [5.41, 5.74) is 2.05. The molecule has 0 fully saturated rings. The molecule has 0 aliphatic heterocycles. The maximum Gasteiger partial charge on any atom is 0.146 e. The number of anilines is 2. The van der Waals surface area contributed by atoms with Crippen LogP contribution in [0.3, 0.4) is 0 Å². The van der Waals surface area contributed by atoms with Gasteiger partial charge < -0.3 is 14.8 Å². The molecular weight excluding hydrogens is 310 g/mol. The molecule has 2 heterocycles. The molecule has 5 nitrogen and oxygen atoms in total. The zero-order valence-corrected chi connectivity index (χ0v) is 14.7. The van der Waals surface area contributed by atoms with Crippen molar-refractivity contribution < 1.29 is 9.47 Å². The molecule has 0 aliphatic carbocycles. The van der Waals surface area contributed by atoms with Crippen molar-refractivity contribution in [1.29, 1.82) is 0 Å². The summed E-state index contributed by atoms with van der Waals surface area (Å²) in [6.07, 6.45) is 0. The number of hydrogen-bond donors (Lipinski definition) is 1. The standard InChI is InChI=1S/C17H19N3O2S/c1-9-10(2)23-17-15(9)16(18-11(3)19-17)20-13-7-6-12(21-4)8-14(13)22-5/h6-8H,1-5H3,(H,18,19,20). The second-order valence-electron chi connectivity index (χ2n) is 5.27. The zero-order chi connectivity index (χ0) is 16.6. The molecule has 6 heteroatoms. The summed E-state index contributed by atoms with van der Waals surface area (Å²) in [6.45, 7) is 6.11. The summed E-state index contributed by atoms with van der Waals surface area (Å²) in [4.78, 5) is 11.4. The lowest BCUT2D eigenvalue weighted by atomic mass is 10.2. The highest BCUT2D eigenvalue weighted by Crippen LogP contribution is 2.37. The highest BCUT2D eigenvalue weighted by atomic mass is 32.1. The first-order chi connectivity index (χ1) is 11.0. The average molecular weight is 329 g/mol. The normalized spacial score (nSPS) is 10.8. The summed E-state index contributed by atoms with van der Waals surface area (Å²) < 4.78 is 10.7. The summed E-state index contributed by atoms with van der Waals surface area (Å²) >= 11 is 1.69. The van der Waals surface area contributed by atoms with Crippen molar-refractivity contribution in [3.63, 3.8) is 0 Å². The molecule has 0 bridgehead atoms. The van der Waals surface area contributed by atoms with Crippen LogP contribution in [0, 0.1) is 20.8 Å². The van der Waals surface area contributed by atoms with Gasteiger partial charge in [0.15, 0.2) is 0 Å². The van der Waals surface area contributed by atoms with Crippen molar-refractivity contribution in [3.8, 4) is 11.5 Å². The van der Waals surface area contributed by atoms with E-state index in [1.807, 2.05) is 25.1 Å². The van der Waals surface area contributed by atoms with E-state index in [0.717, 1.165) is 33.3 Å². The summed E-state index contributed by atoms with van der Waals surface area (Å²) in [7, 11) is 3.28.